The molecule has 27 heavy (non-hydrogen) atoms. The fourth-order valence-electron chi connectivity index (χ4n) is 3.15. The third-order valence-corrected chi connectivity index (χ3v) is 4.33. The summed E-state index contributed by atoms with van der Waals surface area (Å²) < 4.78 is 10.5. The molecule has 2 aromatic carbocycles. The van der Waals surface area contributed by atoms with Crippen molar-refractivity contribution in [2.45, 2.75) is 41.5 Å². The predicted octanol–water partition coefficient (Wildman–Crippen LogP) is 6.22. The Morgan fingerprint density at radius 1 is 0.741 bits per heavy atom. The van der Waals surface area contributed by atoms with Crippen molar-refractivity contribution >= 4 is 6.08 Å². The summed E-state index contributed by atoms with van der Waals surface area (Å²) >= 11 is 0. The molecule has 1 radical (unpaired) electrons. The summed E-state index contributed by atoms with van der Waals surface area (Å²) in [5.41, 5.74) is 8.10. The molecule has 4 heteroatoms. The zero-order valence-corrected chi connectivity index (χ0v) is 21.1. The quantitative estimate of drug-likeness (QED) is 0.450. The zero-order chi connectivity index (χ0) is 19.1. The first-order chi connectivity index (χ1) is 11.8. The second-order valence-electron chi connectivity index (χ2n) is 6.31. The van der Waals surface area contributed by atoms with E-state index in [1.165, 1.54) is 16.7 Å². The molecule has 1 N–H and O–H groups in total. The van der Waals surface area contributed by atoms with Crippen LogP contribution in [0.15, 0.2) is 24.5 Å². The van der Waals surface area contributed by atoms with E-state index < -0.39 is 0 Å². The van der Waals surface area contributed by atoms with Gasteiger partial charge in [-0.15, -0.1) is 0 Å². The molecule has 0 aliphatic rings. The second kappa shape index (κ2) is 13.0. The summed E-state index contributed by atoms with van der Waals surface area (Å²) in [4.78, 5) is 0. The smallest absolute Gasteiger partial charge is 0.124 e. The van der Waals surface area contributed by atoms with Crippen LogP contribution in [0.4, 0.5) is 0 Å². The van der Waals surface area contributed by atoms with Crippen LogP contribution in [0.1, 0.15) is 38.9 Å². The van der Waals surface area contributed by atoms with Gasteiger partial charge in [0.1, 0.15) is 11.5 Å². The van der Waals surface area contributed by atoms with E-state index in [4.69, 9.17) is 14.6 Å². The van der Waals surface area contributed by atoms with Crippen molar-refractivity contribution in [1.82, 2.24) is 0 Å². The van der Waals surface area contributed by atoms with Crippen molar-refractivity contribution in [3.8, 4) is 11.5 Å². The molecule has 0 atom stereocenters. The molecule has 2 aromatic rings. The first-order valence-electron chi connectivity index (χ1n) is 8.34. The maximum atomic E-state index is 8.74. The normalized spacial score (nSPS) is 9.63. The Morgan fingerprint density at radius 2 is 1.19 bits per heavy atom. The molecule has 0 unspecified atom stereocenters. The topological polar surface area (TPSA) is 38.7 Å². The summed E-state index contributed by atoms with van der Waals surface area (Å²) in [6, 6.07) is 6.27. The average molecular weight is 446 g/mol. The van der Waals surface area contributed by atoms with Gasteiger partial charge >= 0.3 is 0 Å². The second-order valence-corrected chi connectivity index (χ2v) is 6.31. The molecule has 0 aliphatic heterocycles. The predicted molar refractivity (Wildman–Crippen MR) is 112 cm³/mol. The summed E-state index contributed by atoms with van der Waals surface area (Å²) in [6.45, 7) is 12.3. The van der Waals surface area contributed by atoms with Crippen LogP contribution in [-0.4, -0.2) is 19.3 Å². The van der Waals surface area contributed by atoms with Gasteiger partial charge in [-0.3, -0.25) is 0 Å². The molecule has 0 saturated carbocycles. The van der Waals surface area contributed by atoms with Crippen LogP contribution in [0.2, 0.25) is 0 Å². The van der Waals surface area contributed by atoms with Crippen molar-refractivity contribution in [1.29, 1.82) is 0 Å². The third-order valence-electron chi connectivity index (χ3n) is 4.33. The zero-order valence-electron chi connectivity index (χ0n) is 18.2. The van der Waals surface area contributed by atoms with Gasteiger partial charge in [-0.1, -0.05) is 17.7 Å². The standard InChI is InChI=1S/C12H16O2.C10H14O.CH3.Y/c1-8-7-11(5-6-13)9(2)10(3)12(8)14-4;1-7-5-8(2)10(11-4)9(3)6-7;;/h5-7,13H,1-4H3;5-6H,1-4H3;1H3;/q;;-1;. The number of hydrogen-bond acceptors (Lipinski definition) is 3. The molecule has 0 bridgehead atoms. The molecule has 2 rings (SSSR count). The van der Waals surface area contributed by atoms with Crippen molar-refractivity contribution < 1.29 is 47.3 Å². The first-order valence-corrected chi connectivity index (χ1v) is 8.34. The Morgan fingerprint density at radius 3 is 1.59 bits per heavy atom. The van der Waals surface area contributed by atoms with Crippen molar-refractivity contribution in [3.63, 3.8) is 0 Å². The number of aliphatic hydroxyl groups excluding tert-OH is 1. The Hall–Kier alpha value is -1.32. The van der Waals surface area contributed by atoms with Gasteiger partial charge in [-0.25, -0.2) is 0 Å². The van der Waals surface area contributed by atoms with Gasteiger partial charge in [0.2, 0.25) is 0 Å². The molecule has 0 heterocycles. The van der Waals surface area contributed by atoms with Crippen molar-refractivity contribution in [2.24, 2.45) is 0 Å². The minimum absolute atomic E-state index is 0. The molecule has 0 amide bonds. The summed E-state index contributed by atoms with van der Waals surface area (Å²) in [5, 5.41) is 8.74. The van der Waals surface area contributed by atoms with E-state index in [0.29, 0.717) is 0 Å². The number of rotatable bonds is 3. The van der Waals surface area contributed by atoms with E-state index in [1.807, 2.05) is 26.8 Å². The SMILES string of the molecule is COc1c(C)cc(C)cc1C.COc1c(C)cc(C=CO)c(C)c1C.[CH3-].[Y]. The van der Waals surface area contributed by atoms with Crippen molar-refractivity contribution in [3.05, 3.63) is 70.8 Å². The van der Waals surface area contributed by atoms with Gasteiger partial charge in [0.15, 0.2) is 0 Å². The van der Waals surface area contributed by atoms with E-state index in [1.54, 1.807) is 20.3 Å². The molecule has 0 spiro atoms. The van der Waals surface area contributed by atoms with Gasteiger partial charge in [0, 0.05) is 32.7 Å². The van der Waals surface area contributed by atoms with Crippen LogP contribution >= 0.6 is 0 Å². The first kappa shape index (κ1) is 27.9. The molecule has 0 aromatic heterocycles. The summed E-state index contributed by atoms with van der Waals surface area (Å²) in [7, 11) is 3.39. The molecule has 0 fully saturated rings. The Balaban J connectivity index is 0. The number of benzene rings is 2. The molecule has 3 nitrogen and oxygen atoms in total. The molecular weight excluding hydrogens is 413 g/mol. The van der Waals surface area contributed by atoms with Gasteiger partial charge in [0.05, 0.1) is 20.5 Å². The van der Waals surface area contributed by atoms with Crippen molar-refractivity contribution in [2.75, 3.05) is 14.2 Å². The number of aryl methyl sites for hydroxylation is 4. The Labute approximate surface area is 190 Å². The van der Waals surface area contributed by atoms with E-state index in [2.05, 4.69) is 32.9 Å². The minimum atomic E-state index is 0. The largest absolute Gasteiger partial charge is 0.516 e. The van der Waals surface area contributed by atoms with Crippen LogP contribution in [0.25, 0.3) is 6.08 Å². The summed E-state index contributed by atoms with van der Waals surface area (Å²) in [6.07, 6.45) is 2.75. The fraction of sp³-hybridized carbons (Fsp3) is 0.348. The van der Waals surface area contributed by atoms with Crippen LogP contribution in [0, 0.1) is 49.0 Å². The number of hydrogen-bond donors (Lipinski definition) is 1. The van der Waals surface area contributed by atoms with Crippen LogP contribution < -0.4 is 9.47 Å². The molecule has 0 aliphatic carbocycles. The fourth-order valence-corrected chi connectivity index (χ4v) is 3.15. The Bertz CT molecular complexity index is 742. The maximum absolute atomic E-state index is 8.74. The maximum Gasteiger partial charge on any atom is 0.124 e. The van der Waals surface area contributed by atoms with E-state index in [9.17, 15) is 0 Å². The van der Waals surface area contributed by atoms with E-state index in [-0.39, 0.29) is 40.1 Å². The summed E-state index contributed by atoms with van der Waals surface area (Å²) in [5.74, 6) is 1.94. The van der Waals surface area contributed by atoms with Crippen LogP contribution in [0.3, 0.4) is 0 Å². The van der Waals surface area contributed by atoms with E-state index in [0.717, 1.165) is 40.0 Å². The molecule has 0 saturated heterocycles. The van der Waals surface area contributed by atoms with Crippen LogP contribution in [-0.2, 0) is 32.7 Å². The Kier molecular flexibility index (Phi) is 13.4. The molecular formula is C23H33O3Y-. The number of aliphatic hydroxyl groups is 1. The van der Waals surface area contributed by atoms with Gasteiger partial charge in [-0.05, 0) is 87.1 Å². The number of methoxy groups -OCH3 is 2. The van der Waals surface area contributed by atoms with Gasteiger partial charge in [0.25, 0.3) is 0 Å². The monoisotopic (exact) mass is 446 g/mol. The average Bonchev–Trinajstić information content (AvgIpc) is 2.53. The van der Waals surface area contributed by atoms with Gasteiger partial charge < -0.3 is 22.0 Å². The van der Waals surface area contributed by atoms with Crippen LogP contribution in [0.5, 0.6) is 11.5 Å². The third kappa shape index (κ3) is 7.31. The number of ether oxygens (including phenoxy) is 2. The van der Waals surface area contributed by atoms with E-state index >= 15 is 0 Å². The van der Waals surface area contributed by atoms with Gasteiger partial charge in [-0.2, -0.15) is 0 Å². The minimum Gasteiger partial charge on any atom is -0.516 e. The molecule has 147 valence electrons.